The molecule has 2 aromatic carbocycles. The van der Waals surface area contributed by atoms with Gasteiger partial charge in [-0.3, -0.25) is 34.7 Å². The Morgan fingerprint density at radius 3 is 2.07 bits per heavy atom. The number of nitro benzene ring substituents is 2. The van der Waals surface area contributed by atoms with Gasteiger partial charge in [-0.05, 0) is 54.1 Å². The van der Waals surface area contributed by atoms with Gasteiger partial charge >= 0.3 is 19.3 Å². The lowest BCUT2D eigenvalue weighted by Crippen LogP contribution is -2.63. The van der Waals surface area contributed by atoms with Crippen LogP contribution in [0, 0.1) is 32.1 Å². The Balaban J connectivity index is 0.00000117. The van der Waals surface area contributed by atoms with Gasteiger partial charge in [0.25, 0.3) is 11.4 Å². The highest BCUT2D eigenvalue weighted by Gasteiger charge is 2.61. The number of nitrogens with zero attached hydrogens (tertiary/aromatic N) is 5. The molecule has 6 atom stereocenters. The number of rotatable bonds is 10. The lowest BCUT2D eigenvalue weighted by molar-refractivity contribution is -0.385. The van der Waals surface area contributed by atoms with Crippen molar-refractivity contribution in [3.63, 3.8) is 0 Å². The highest BCUT2D eigenvalue weighted by molar-refractivity contribution is 8.03. The second kappa shape index (κ2) is 17.7. The van der Waals surface area contributed by atoms with E-state index < -0.39 is 70.3 Å². The zero-order valence-corrected chi connectivity index (χ0v) is 32.3. The number of aliphatic hydroxyl groups is 1. The number of benzene rings is 2. The predicted molar refractivity (Wildman–Crippen MR) is 200 cm³/mol. The minimum atomic E-state index is -6.00. The van der Waals surface area contributed by atoms with Crippen LogP contribution in [0.5, 0.6) is 5.75 Å². The van der Waals surface area contributed by atoms with Gasteiger partial charge in [0.1, 0.15) is 35.6 Å². The monoisotopic (exact) mass is 843 g/mol. The molecule has 23 heteroatoms. The summed E-state index contributed by atoms with van der Waals surface area (Å²) < 4.78 is 50.2. The number of thioether (sulfide) groups is 1. The fourth-order valence-electron chi connectivity index (χ4n) is 7.08. The van der Waals surface area contributed by atoms with E-state index in [-0.39, 0.29) is 59.2 Å². The van der Waals surface area contributed by atoms with Crippen LogP contribution in [0.15, 0.2) is 59.1 Å². The molecule has 4 aliphatic heterocycles. The summed E-state index contributed by atoms with van der Waals surface area (Å²) in [6, 6.07) is 9.18. The number of hydrogen-bond donors (Lipinski definition) is 1. The first kappa shape index (κ1) is 43.2. The topological polar surface area (TPSA) is 203 Å². The zero-order valence-electron chi connectivity index (χ0n) is 30.7. The number of non-ortho nitro benzene ring substituents is 2. The second-order valence-electron chi connectivity index (χ2n) is 13.7. The van der Waals surface area contributed by atoms with Crippen molar-refractivity contribution in [3.05, 3.63) is 84.9 Å². The second-order valence-corrected chi connectivity index (χ2v) is 17.5. The molecule has 2 aromatic rings. The van der Waals surface area contributed by atoms with Gasteiger partial charge in [0.15, 0.2) is 0 Å². The lowest BCUT2D eigenvalue weighted by atomic mass is 9.79. The molecule has 0 bridgehead atoms. The van der Waals surface area contributed by atoms with Crippen LogP contribution in [0.1, 0.15) is 25.8 Å². The first-order valence-electron chi connectivity index (χ1n) is 17.6. The zero-order chi connectivity index (χ0) is 41.9. The van der Waals surface area contributed by atoms with E-state index in [4.69, 9.17) is 9.47 Å². The maximum Gasteiger partial charge on any atom is 0.673 e. The van der Waals surface area contributed by atoms with Crippen molar-refractivity contribution in [2.24, 2.45) is 11.8 Å². The van der Waals surface area contributed by atoms with Gasteiger partial charge in [-0.1, -0.05) is 6.92 Å². The Labute approximate surface area is 330 Å². The molecule has 0 aromatic heterocycles. The molecular weight excluding hydrogens is 805 g/mol. The van der Waals surface area contributed by atoms with Gasteiger partial charge in [-0.25, -0.2) is 9.59 Å². The molecule has 6 rings (SSSR count). The summed E-state index contributed by atoms with van der Waals surface area (Å²) in [5.74, 6) is -0.876. The molecule has 4 heterocycles. The van der Waals surface area contributed by atoms with Gasteiger partial charge in [-0.2, -0.15) is 0 Å². The molecule has 3 fully saturated rings. The lowest BCUT2D eigenvalue weighted by Gasteiger charge is -2.46. The van der Waals surface area contributed by atoms with Crippen molar-refractivity contribution in [2.75, 3.05) is 37.4 Å². The largest absolute Gasteiger partial charge is 0.673 e. The Bertz CT molecular complexity index is 1910. The van der Waals surface area contributed by atoms with Crippen molar-refractivity contribution < 1.29 is 60.9 Å². The third-order valence-corrected chi connectivity index (χ3v) is 13.1. The van der Waals surface area contributed by atoms with Crippen molar-refractivity contribution in [3.8, 4) is 5.75 Å². The van der Waals surface area contributed by atoms with Crippen LogP contribution in [0.2, 0.25) is 0 Å². The summed E-state index contributed by atoms with van der Waals surface area (Å²) >= 11 is 1.28. The molecule has 0 spiro atoms. The van der Waals surface area contributed by atoms with Crippen LogP contribution in [-0.4, -0.2) is 122 Å². The number of fused-ring (bicyclic) bond motifs is 1. The van der Waals surface area contributed by atoms with Crippen molar-refractivity contribution in [2.45, 2.75) is 50.3 Å². The highest BCUT2D eigenvalue weighted by atomic mass is 32.2. The SMILES string of the molecule is C[C@@H](O)[C@H]1C(=O)N2C(C(=O)Oc3ccc([N+](=O)[O-])cc3)=C(S[C@H]3C[C@@H](C(=O)N4CC[S+](C)CC4)N(C(=O)OCc4ccc([N+](=O)[O-])cc4)C3)[C@H](C)[C@H]12.F[B-](F)(F)F. The van der Waals surface area contributed by atoms with E-state index in [1.165, 1.54) is 77.0 Å². The minimum Gasteiger partial charge on any atom is -0.445 e. The third kappa shape index (κ3) is 10.2. The molecule has 0 saturated carbocycles. The van der Waals surface area contributed by atoms with E-state index >= 15 is 0 Å². The summed E-state index contributed by atoms with van der Waals surface area (Å²) in [6.45, 7) is 4.41. The average molecular weight is 844 g/mol. The van der Waals surface area contributed by atoms with Crippen molar-refractivity contribution in [1.82, 2.24) is 14.7 Å². The third-order valence-electron chi connectivity index (χ3n) is 9.88. The van der Waals surface area contributed by atoms with E-state index in [1.807, 2.05) is 6.92 Å². The Hall–Kier alpha value is -4.90. The predicted octanol–water partition coefficient (Wildman–Crippen LogP) is 4.38. The number of ether oxygens (including phenoxy) is 2. The number of β-lactam (4-membered cyclic amide) rings is 1. The molecule has 4 aliphatic rings. The molecule has 16 nitrogen and oxygen atoms in total. The van der Waals surface area contributed by atoms with Gasteiger partial charge in [0, 0.05) is 46.9 Å². The molecule has 1 N–H and O–H groups in total. The minimum absolute atomic E-state index is 0.00385. The normalized spacial score (nSPS) is 23.9. The fraction of sp³-hybridized carbons (Fsp3) is 0.471. The Morgan fingerprint density at radius 2 is 1.54 bits per heavy atom. The van der Waals surface area contributed by atoms with Crippen molar-refractivity contribution in [1.29, 1.82) is 0 Å². The van der Waals surface area contributed by atoms with Crippen LogP contribution >= 0.6 is 11.8 Å². The Morgan fingerprint density at radius 1 is 1.00 bits per heavy atom. The Kier molecular flexibility index (Phi) is 13.4. The number of halogens is 4. The van der Waals surface area contributed by atoms with Crippen LogP contribution < -0.4 is 4.74 Å². The number of carbonyl (C=O) groups excluding carboxylic acids is 4. The van der Waals surface area contributed by atoms with Crippen LogP contribution in [0.3, 0.4) is 0 Å². The number of carbonyl (C=O) groups is 4. The highest BCUT2D eigenvalue weighted by Crippen LogP contribution is 2.52. The molecule has 0 radical (unpaired) electrons. The standard InChI is InChI=1S/C34H38N5O11S2.BF4/c1-19-28-27(20(2)40)32(42)37(28)29(33(43)50-24-10-8-23(9-11-24)39(47)48)30(19)51-25-16-26(31(41)35-12-14-52(3)15-13-35)36(17-25)34(44)49-18-21-4-6-22(7-5-21)38(45)46;2-1(3,4)5/h4-11,19-20,25-28,40H,12-18H2,1-3H3;/q+1;-1/t19-,20-,25+,26+,27-,28-;/m1./s1. The summed E-state index contributed by atoms with van der Waals surface area (Å²) in [7, 11) is -5.80. The molecule has 0 aliphatic carbocycles. The summed E-state index contributed by atoms with van der Waals surface area (Å²) in [4.78, 5) is 80.7. The summed E-state index contributed by atoms with van der Waals surface area (Å²) in [6.07, 6.45) is 0.688. The smallest absolute Gasteiger partial charge is 0.445 e. The summed E-state index contributed by atoms with van der Waals surface area (Å²) in [5.41, 5.74) is 0.231. The van der Waals surface area contributed by atoms with Crippen LogP contribution in [0.4, 0.5) is 33.4 Å². The first-order chi connectivity index (χ1) is 26.7. The van der Waals surface area contributed by atoms with Crippen molar-refractivity contribution >= 4 is 65.2 Å². The maximum atomic E-state index is 14.0. The number of amides is 3. The van der Waals surface area contributed by atoms with Crippen LogP contribution in [-0.2, 0) is 36.6 Å². The quantitative estimate of drug-likeness (QED) is 0.0518. The van der Waals surface area contributed by atoms with E-state index in [0.29, 0.717) is 23.6 Å². The number of hydrogen-bond acceptors (Lipinski definition) is 12. The molecule has 308 valence electrons. The first-order valence-corrected chi connectivity index (χ1v) is 20.4. The van der Waals surface area contributed by atoms with Gasteiger partial charge in [0.2, 0.25) is 11.8 Å². The number of aliphatic hydroxyl groups excluding tert-OH is 1. The molecule has 57 heavy (non-hydrogen) atoms. The van der Waals surface area contributed by atoms with Gasteiger partial charge < -0.3 is 41.6 Å². The van der Waals surface area contributed by atoms with Gasteiger partial charge in [-0.15, -0.1) is 11.8 Å². The summed E-state index contributed by atoms with van der Waals surface area (Å²) in [5, 5.41) is 32.2. The van der Waals surface area contributed by atoms with Gasteiger partial charge in [0.05, 0.1) is 47.3 Å². The number of nitro groups is 2. The number of esters is 1. The fourth-order valence-corrected chi connectivity index (χ4v) is 9.87. The average Bonchev–Trinajstić information content (AvgIpc) is 3.67. The molecule has 3 saturated heterocycles. The van der Waals surface area contributed by atoms with E-state index in [9.17, 15) is 61.8 Å². The molecule has 3 amide bonds. The van der Waals surface area contributed by atoms with E-state index in [1.54, 1.807) is 4.90 Å². The van der Waals surface area contributed by atoms with E-state index in [2.05, 4.69) is 6.26 Å². The number of likely N-dealkylation sites (tertiary alicyclic amines) is 1. The maximum absolute atomic E-state index is 14.0. The van der Waals surface area contributed by atoms with Crippen LogP contribution in [0.25, 0.3) is 0 Å². The molecular formula is C34H38BF4N5O11S2. The molecule has 0 unspecified atom stereocenters. The van der Waals surface area contributed by atoms with E-state index in [0.717, 1.165) is 11.5 Å².